The van der Waals surface area contributed by atoms with Crippen LogP contribution in [-0.4, -0.2) is 25.5 Å². The Labute approximate surface area is 184 Å². The van der Waals surface area contributed by atoms with Crippen molar-refractivity contribution in [3.63, 3.8) is 0 Å². The van der Waals surface area contributed by atoms with Gasteiger partial charge in [-0.1, -0.05) is 35.9 Å². The largest absolute Gasteiger partial charge is 0.305 e. The maximum absolute atomic E-state index is 13.3. The van der Waals surface area contributed by atoms with E-state index in [4.69, 9.17) is 11.6 Å². The molecule has 0 atom stereocenters. The molecule has 0 spiro atoms. The number of nitrogens with zero attached hydrogens (tertiary/aromatic N) is 4. The van der Waals surface area contributed by atoms with Crippen molar-refractivity contribution in [2.75, 3.05) is 5.32 Å². The Balaban J connectivity index is 1.56. The van der Waals surface area contributed by atoms with Gasteiger partial charge in [0.25, 0.3) is 5.91 Å². The quantitative estimate of drug-likeness (QED) is 0.473. The molecular formula is C23H21ClFN5O. The van der Waals surface area contributed by atoms with Crippen molar-refractivity contribution < 1.29 is 9.18 Å². The molecular weight excluding hydrogens is 417 g/mol. The van der Waals surface area contributed by atoms with Crippen LogP contribution >= 0.6 is 11.6 Å². The molecule has 0 radical (unpaired) electrons. The molecule has 0 bridgehead atoms. The van der Waals surface area contributed by atoms with Crippen LogP contribution in [0.4, 0.5) is 10.2 Å². The average molecular weight is 438 g/mol. The Kier molecular flexibility index (Phi) is 5.61. The molecule has 2 heterocycles. The lowest BCUT2D eigenvalue weighted by Gasteiger charge is -2.07. The van der Waals surface area contributed by atoms with Crippen LogP contribution in [0.15, 0.2) is 54.6 Å². The predicted molar refractivity (Wildman–Crippen MR) is 118 cm³/mol. The molecule has 2 aromatic heterocycles. The standard InChI is InChI=1S/C23H21ClFN5O/c1-14-11-21(28-29(14)13-17-9-10-18(25)12-20(17)24)26-23(31)22-15(2)27-30(16(22)3)19-7-5-4-6-8-19/h4-12H,13H2,1-3H3,(H,26,28,31). The number of aromatic nitrogens is 4. The van der Waals surface area contributed by atoms with E-state index in [1.807, 2.05) is 51.1 Å². The zero-order valence-electron chi connectivity index (χ0n) is 17.4. The first-order chi connectivity index (χ1) is 14.8. The third-order valence-corrected chi connectivity index (χ3v) is 5.43. The predicted octanol–water partition coefficient (Wildman–Crippen LogP) is 5.09. The minimum atomic E-state index is -0.388. The van der Waals surface area contributed by atoms with Crippen LogP contribution in [0.5, 0.6) is 0 Å². The first-order valence-electron chi connectivity index (χ1n) is 9.75. The summed E-state index contributed by atoms with van der Waals surface area (Å²) in [4.78, 5) is 13.0. The van der Waals surface area contributed by atoms with Crippen LogP contribution in [0, 0.1) is 26.6 Å². The van der Waals surface area contributed by atoms with Gasteiger partial charge in [-0.05, 0) is 50.6 Å². The molecule has 0 unspecified atom stereocenters. The maximum atomic E-state index is 13.3. The molecule has 0 saturated carbocycles. The minimum absolute atomic E-state index is 0.276. The van der Waals surface area contributed by atoms with E-state index in [0.29, 0.717) is 28.6 Å². The Morgan fingerprint density at radius 1 is 1.06 bits per heavy atom. The van der Waals surface area contributed by atoms with E-state index in [9.17, 15) is 9.18 Å². The highest BCUT2D eigenvalue weighted by atomic mass is 35.5. The van der Waals surface area contributed by atoms with Gasteiger partial charge in [-0.25, -0.2) is 9.07 Å². The molecule has 0 aliphatic heterocycles. The van der Waals surface area contributed by atoms with Crippen LogP contribution < -0.4 is 5.32 Å². The number of hydrogen-bond acceptors (Lipinski definition) is 3. The Hall–Kier alpha value is -3.45. The molecule has 0 aliphatic carbocycles. The fourth-order valence-corrected chi connectivity index (χ4v) is 3.74. The van der Waals surface area contributed by atoms with Gasteiger partial charge in [-0.2, -0.15) is 10.2 Å². The van der Waals surface area contributed by atoms with E-state index < -0.39 is 0 Å². The van der Waals surface area contributed by atoms with E-state index in [1.165, 1.54) is 12.1 Å². The summed E-state index contributed by atoms with van der Waals surface area (Å²) in [5.74, 6) is -0.241. The molecule has 1 amide bonds. The minimum Gasteiger partial charge on any atom is -0.305 e. The number of amides is 1. The van der Waals surface area contributed by atoms with Crippen LogP contribution in [0.1, 0.15) is 33.0 Å². The Morgan fingerprint density at radius 3 is 2.52 bits per heavy atom. The van der Waals surface area contributed by atoms with Crippen molar-refractivity contribution in [1.29, 1.82) is 0 Å². The second-order valence-electron chi connectivity index (χ2n) is 7.31. The summed E-state index contributed by atoms with van der Waals surface area (Å²) in [7, 11) is 0. The smallest absolute Gasteiger partial charge is 0.260 e. The van der Waals surface area contributed by atoms with Crippen LogP contribution in [0.2, 0.25) is 5.02 Å². The molecule has 0 saturated heterocycles. The molecule has 31 heavy (non-hydrogen) atoms. The fraction of sp³-hybridized carbons (Fsp3) is 0.174. The zero-order valence-corrected chi connectivity index (χ0v) is 18.1. The van der Waals surface area contributed by atoms with Crippen molar-refractivity contribution in [2.45, 2.75) is 27.3 Å². The second kappa shape index (κ2) is 8.35. The molecule has 4 rings (SSSR count). The van der Waals surface area contributed by atoms with Gasteiger partial charge in [-0.15, -0.1) is 0 Å². The van der Waals surface area contributed by atoms with Crippen LogP contribution in [0.3, 0.4) is 0 Å². The number of carbonyl (C=O) groups is 1. The summed E-state index contributed by atoms with van der Waals surface area (Å²) in [5, 5.41) is 12.2. The summed E-state index contributed by atoms with van der Waals surface area (Å²) in [6.45, 7) is 5.92. The monoisotopic (exact) mass is 437 g/mol. The summed E-state index contributed by atoms with van der Waals surface area (Å²) in [6.07, 6.45) is 0. The molecule has 6 nitrogen and oxygen atoms in total. The third kappa shape index (κ3) is 4.22. The number of halogens is 2. The van der Waals surface area contributed by atoms with E-state index in [2.05, 4.69) is 15.5 Å². The number of rotatable bonds is 5. The average Bonchev–Trinajstić information content (AvgIpc) is 3.22. The highest BCUT2D eigenvalue weighted by molar-refractivity contribution is 6.31. The van der Waals surface area contributed by atoms with E-state index >= 15 is 0 Å². The highest BCUT2D eigenvalue weighted by Gasteiger charge is 2.20. The van der Waals surface area contributed by atoms with E-state index in [0.717, 1.165) is 22.6 Å². The number of benzene rings is 2. The van der Waals surface area contributed by atoms with Crippen molar-refractivity contribution in [1.82, 2.24) is 19.6 Å². The van der Waals surface area contributed by atoms with Crippen LogP contribution in [0.25, 0.3) is 5.69 Å². The van der Waals surface area contributed by atoms with Crippen molar-refractivity contribution in [3.05, 3.63) is 93.6 Å². The molecule has 8 heteroatoms. The molecule has 0 fully saturated rings. The third-order valence-electron chi connectivity index (χ3n) is 5.08. The molecule has 4 aromatic rings. The zero-order chi connectivity index (χ0) is 22.1. The van der Waals surface area contributed by atoms with Crippen molar-refractivity contribution >= 4 is 23.3 Å². The van der Waals surface area contributed by atoms with Gasteiger partial charge in [0.1, 0.15) is 5.82 Å². The number of nitrogens with one attached hydrogen (secondary N) is 1. The van der Waals surface area contributed by atoms with E-state index in [-0.39, 0.29) is 11.7 Å². The summed E-state index contributed by atoms with van der Waals surface area (Å²) < 4.78 is 16.8. The Morgan fingerprint density at radius 2 is 1.81 bits per heavy atom. The van der Waals surface area contributed by atoms with Crippen LogP contribution in [-0.2, 0) is 6.54 Å². The number of carbonyl (C=O) groups excluding carboxylic acids is 1. The lowest BCUT2D eigenvalue weighted by molar-refractivity contribution is 0.102. The normalized spacial score (nSPS) is 11.0. The van der Waals surface area contributed by atoms with Crippen molar-refractivity contribution in [2.24, 2.45) is 0 Å². The number of hydrogen-bond donors (Lipinski definition) is 1. The second-order valence-corrected chi connectivity index (χ2v) is 7.72. The first kappa shape index (κ1) is 20.8. The Bertz CT molecular complexity index is 1260. The maximum Gasteiger partial charge on any atom is 0.260 e. The SMILES string of the molecule is Cc1nn(-c2ccccc2)c(C)c1C(=O)Nc1cc(C)n(Cc2ccc(F)cc2Cl)n1. The number of para-hydroxylation sites is 1. The molecule has 0 aliphatic rings. The summed E-state index contributed by atoms with van der Waals surface area (Å²) in [6, 6.07) is 15.7. The van der Waals surface area contributed by atoms with Gasteiger partial charge in [-0.3, -0.25) is 9.48 Å². The van der Waals surface area contributed by atoms with Gasteiger partial charge in [0.15, 0.2) is 5.82 Å². The van der Waals surface area contributed by atoms with Gasteiger partial charge >= 0.3 is 0 Å². The van der Waals surface area contributed by atoms with Crippen molar-refractivity contribution in [3.8, 4) is 5.69 Å². The topological polar surface area (TPSA) is 64.7 Å². The van der Waals surface area contributed by atoms with Gasteiger partial charge in [0.05, 0.1) is 29.2 Å². The molecule has 158 valence electrons. The number of anilines is 1. The molecule has 2 aromatic carbocycles. The highest BCUT2D eigenvalue weighted by Crippen LogP contribution is 2.22. The lowest BCUT2D eigenvalue weighted by Crippen LogP contribution is -2.15. The van der Waals surface area contributed by atoms with Gasteiger partial charge in [0.2, 0.25) is 0 Å². The number of aryl methyl sites for hydroxylation is 2. The fourth-order valence-electron chi connectivity index (χ4n) is 3.51. The van der Waals surface area contributed by atoms with E-state index in [1.54, 1.807) is 21.5 Å². The van der Waals surface area contributed by atoms with Gasteiger partial charge in [0, 0.05) is 16.8 Å². The summed E-state index contributed by atoms with van der Waals surface area (Å²) >= 11 is 6.13. The summed E-state index contributed by atoms with van der Waals surface area (Å²) in [5.41, 5.74) is 4.35. The van der Waals surface area contributed by atoms with Gasteiger partial charge < -0.3 is 5.32 Å². The molecule has 1 N–H and O–H groups in total. The lowest BCUT2D eigenvalue weighted by atomic mass is 10.2. The first-order valence-corrected chi connectivity index (χ1v) is 10.1.